The fourth-order valence-electron chi connectivity index (χ4n) is 6.17. The first-order valence-electron chi connectivity index (χ1n) is 18.9. The molecule has 0 saturated carbocycles. The van der Waals surface area contributed by atoms with Crippen LogP contribution in [0.5, 0.6) is 11.5 Å². The van der Waals surface area contributed by atoms with Crippen molar-refractivity contribution in [2.75, 3.05) is 0 Å². The second-order valence-electron chi connectivity index (χ2n) is 13.6. The number of rotatable bonds is 12. The summed E-state index contributed by atoms with van der Waals surface area (Å²) in [5, 5.41) is 25.9. The standard InChI is InChI=1S/2C22H20N4O.2ClHO4.2Zn/c2*27-21-9-5-6-17-10-11-20(25-22(17)21)16-26(14-18-7-1-3-12-23-18)15-19-8-2-4-13-24-19;2*2-1(3,4)5;;/h2*1-13,27H,14-16H2;2*(H,2,3,4,5);;/q;;;;2*+2/p-4. The van der Waals surface area contributed by atoms with Gasteiger partial charge in [-0.2, -0.15) is 0 Å². The van der Waals surface area contributed by atoms with Crippen LogP contribution in [-0.2, 0) is 78.2 Å². The van der Waals surface area contributed by atoms with E-state index in [-0.39, 0.29) is 50.5 Å². The number of aromatic nitrogens is 6. The molecule has 66 heavy (non-hydrogen) atoms. The molecule has 18 nitrogen and oxygen atoms in total. The van der Waals surface area contributed by atoms with Gasteiger partial charge in [-0.15, -0.1) is 20.5 Å². The molecule has 0 N–H and O–H groups in total. The van der Waals surface area contributed by atoms with Crippen LogP contribution in [0.2, 0.25) is 0 Å². The third-order valence-corrected chi connectivity index (χ3v) is 8.70. The zero-order valence-corrected chi connectivity index (χ0v) is 42.5. The number of para-hydroxylation sites is 2. The van der Waals surface area contributed by atoms with Crippen LogP contribution in [0, 0.1) is 20.5 Å². The van der Waals surface area contributed by atoms with Gasteiger partial charge in [0.25, 0.3) is 0 Å². The molecule has 0 saturated heterocycles. The van der Waals surface area contributed by atoms with E-state index in [9.17, 15) is 10.2 Å². The van der Waals surface area contributed by atoms with Gasteiger partial charge in [-0.05, 0) is 71.4 Å². The third kappa shape index (κ3) is 21.0. The van der Waals surface area contributed by atoms with Crippen molar-refractivity contribution >= 4 is 21.8 Å². The minimum absolute atomic E-state index is 0. The maximum Gasteiger partial charge on any atom is 2.00 e. The Morgan fingerprint density at radius 3 is 0.864 bits per heavy atom. The molecule has 0 atom stereocenters. The number of benzene rings is 2. The third-order valence-electron chi connectivity index (χ3n) is 8.70. The molecule has 332 valence electrons. The second-order valence-corrected chi connectivity index (χ2v) is 15.1. The fourth-order valence-corrected chi connectivity index (χ4v) is 6.17. The molecule has 0 bridgehead atoms. The predicted octanol–water partition coefficient (Wildman–Crippen LogP) is -2.92. The van der Waals surface area contributed by atoms with E-state index in [1.165, 1.54) is 0 Å². The summed E-state index contributed by atoms with van der Waals surface area (Å²) in [6.07, 6.45) is 7.19. The summed E-state index contributed by atoms with van der Waals surface area (Å²) >= 11 is 0. The van der Waals surface area contributed by atoms with Crippen molar-refractivity contribution in [3.8, 4) is 11.5 Å². The van der Waals surface area contributed by atoms with Crippen molar-refractivity contribution in [1.82, 2.24) is 39.7 Å². The Labute approximate surface area is 409 Å². The average Bonchev–Trinajstić information content (AvgIpc) is 3.25. The van der Waals surface area contributed by atoms with Crippen LogP contribution in [0.15, 0.2) is 158 Å². The van der Waals surface area contributed by atoms with Crippen LogP contribution in [0.3, 0.4) is 0 Å². The van der Waals surface area contributed by atoms with Crippen LogP contribution in [0.4, 0.5) is 0 Å². The Bertz CT molecular complexity index is 2360. The molecule has 22 heteroatoms. The van der Waals surface area contributed by atoms with Crippen LogP contribution in [-0.4, -0.2) is 39.7 Å². The van der Waals surface area contributed by atoms with E-state index in [0.29, 0.717) is 50.3 Å². The number of pyridine rings is 6. The first-order chi connectivity index (χ1) is 30.6. The zero-order valence-electron chi connectivity index (χ0n) is 35.1. The van der Waals surface area contributed by atoms with Gasteiger partial charge in [-0.1, -0.05) is 84.3 Å². The Morgan fingerprint density at radius 1 is 0.333 bits per heavy atom. The van der Waals surface area contributed by atoms with Crippen LogP contribution in [0.1, 0.15) is 34.2 Å². The Morgan fingerprint density at radius 2 is 0.606 bits per heavy atom. The number of halogens is 2. The molecule has 0 unspecified atom stereocenters. The van der Waals surface area contributed by atoms with Gasteiger partial charge >= 0.3 is 39.0 Å². The predicted molar refractivity (Wildman–Crippen MR) is 205 cm³/mol. The molecule has 2 aromatic carbocycles. The van der Waals surface area contributed by atoms with E-state index >= 15 is 0 Å². The maximum atomic E-state index is 12.1. The molecule has 8 aromatic rings. The van der Waals surface area contributed by atoms with Crippen molar-refractivity contribution in [2.45, 2.75) is 39.3 Å². The molecular weight excluding hydrogens is 1000 g/mol. The van der Waals surface area contributed by atoms with Gasteiger partial charge in [0.05, 0.1) is 45.2 Å². The summed E-state index contributed by atoms with van der Waals surface area (Å²) in [6.45, 7) is 3.92. The summed E-state index contributed by atoms with van der Waals surface area (Å²) < 4.78 is 67.9. The van der Waals surface area contributed by atoms with E-state index < -0.39 is 20.5 Å². The van der Waals surface area contributed by atoms with Gasteiger partial charge in [-0.3, -0.25) is 39.7 Å². The van der Waals surface area contributed by atoms with Crippen LogP contribution in [0.25, 0.3) is 21.8 Å². The SMILES string of the molecule is [O-][Cl+3]([O-])([O-])[O-].[O-][Cl+3]([O-])([O-])[O-].[O-]c1cccc2ccc(CN(Cc3ccccn3)Cc3ccccn3)nc12.[O-]c1cccc2ccc(CN(Cc3ccccn3)Cc3ccccn3)nc12.[Zn+2].[Zn+2]. The number of fused-ring (bicyclic) bond motifs is 2. The summed E-state index contributed by atoms with van der Waals surface area (Å²) in [5.74, 6) is -0.0919. The van der Waals surface area contributed by atoms with Gasteiger partial charge in [-0.25, -0.2) is 37.3 Å². The Balaban J connectivity index is 0.000000284. The number of hydrogen-bond donors (Lipinski definition) is 0. The van der Waals surface area contributed by atoms with E-state index in [4.69, 9.17) is 37.3 Å². The molecule has 0 aliphatic carbocycles. The Hall–Kier alpha value is -5.11. The molecule has 0 aliphatic heterocycles. The van der Waals surface area contributed by atoms with E-state index in [1.807, 2.05) is 109 Å². The van der Waals surface area contributed by atoms with E-state index in [1.54, 1.807) is 49.1 Å². The number of hydrogen-bond acceptors (Lipinski definition) is 18. The summed E-state index contributed by atoms with van der Waals surface area (Å²) in [6, 6.07) is 41.9. The minimum atomic E-state index is -4.94. The monoisotopic (exact) mass is 1040 g/mol. The minimum Gasteiger partial charge on any atom is -0.871 e. The zero-order chi connectivity index (χ0) is 46.0. The molecule has 6 aromatic heterocycles. The van der Waals surface area contributed by atoms with Gasteiger partial charge < -0.3 is 10.2 Å². The van der Waals surface area contributed by atoms with E-state index in [0.717, 1.165) is 44.9 Å². The topological polar surface area (TPSA) is 314 Å². The van der Waals surface area contributed by atoms with Crippen LogP contribution >= 0.6 is 0 Å². The van der Waals surface area contributed by atoms with Crippen molar-refractivity contribution in [3.05, 3.63) is 192 Å². The normalized spacial score (nSPS) is 10.9. The maximum absolute atomic E-state index is 12.1. The smallest absolute Gasteiger partial charge is 0.871 e. The summed E-state index contributed by atoms with van der Waals surface area (Å²) in [4.78, 5) is 31.4. The molecule has 0 aliphatic rings. The van der Waals surface area contributed by atoms with Crippen molar-refractivity contribution in [2.24, 2.45) is 0 Å². The van der Waals surface area contributed by atoms with Gasteiger partial charge in [0.15, 0.2) is 0 Å². The average molecular weight is 1040 g/mol. The quantitative estimate of drug-likeness (QED) is 0.111. The largest absolute Gasteiger partial charge is 2.00 e. The summed E-state index contributed by atoms with van der Waals surface area (Å²) in [7, 11) is -9.89. The van der Waals surface area contributed by atoms with Crippen molar-refractivity contribution in [3.63, 3.8) is 0 Å². The van der Waals surface area contributed by atoms with E-state index in [2.05, 4.69) is 39.7 Å². The number of nitrogens with zero attached hydrogens (tertiary/aromatic N) is 8. The molecule has 8 rings (SSSR count). The molecule has 0 spiro atoms. The molecule has 0 radical (unpaired) electrons. The second kappa shape index (κ2) is 27.5. The summed E-state index contributed by atoms with van der Waals surface area (Å²) in [5.41, 5.74) is 6.70. The Kier molecular flexibility index (Phi) is 23.0. The molecule has 0 fully saturated rings. The van der Waals surface area contributed by atoms with Gasteiger partial charge in [0, 0.05) is 64.1 Å². The van der Waals surface area contributed by atoms with Gasteiger partial charge in [0.1, 0.15) is 0 Å². The fraction of sp³-hybridized carbons (Fsp3) is 0.136. The first-order valence-corrected chi connectivity index (χ1v) is 21.4. The van der Waals surface area contributed by atoms with Crippen molar-refractivity contribution in [1.29, 1.82) is 0 Å². The van der Waals surface area contributed by atoms with Gasteiger partial charge in [0.2, 0.25) is 0 Å². The molecule has 0 amide bonds. The first kappa shape index (κ1) is 55.2. The molecule has 6 heterocycles. The van der Waals surface area contributed by atoms with Crippen LogP contribution < -0.4 is 47.5 Å². The van der Waals surface area contributed by atoms with Crippen molar-refractivity contribution < 1.29 is 107 Å². The molecular formula is C44H38Cl2N8O10Zn2.